The van der Waals surface area contributed by atoms with Crippen LogP contribution >= 0.6 is 0 Å². The number of halogens is 3. The molecule has 0 radical (unpaired) electrons. The lowest BCUT2D eigenvalue weighted by molar-refractivity contribution is -0.274. The van der Waals surface area contributed by atoms with Gasteiger partial charge in [0.1, 0.15) is 5.75 Å². The van der Waals surface area contributed by atoms with Gasteiger partial charge >= 0.3 is 6.36 Å². The van der Waals surface area contributed by atoms with Crippen molar-refractivity contribution in [2.24, 2.45) is 11.3 Å². The van der Waals surface area contributed by atoms with Crippen molar-refractivity contribution >= 4 is 22.7 Å². The first kappa shape index (κ1) is 25.4. The number of nitrogens with zero attached hydrogens (tertiary/aromatic N) is 2. The Morgan fingerprint density at radius 2 is 1.77 bits per heavy atom. The zero-order valence-electron chi connectivity index (χ0n) is 21.1. The van der Waals surface area contributed by atoms with Gasteiger partial charge in [-0.15, -0.1) is 13.2 Å². The van der Waals surface area contributed by atoms with Gasteiger partial charge in [-0.1, -0.05) is 20.8 Å². The molecule has 4 rings (SSSR count). The number of benzene rings is 2. The van der Waals surface area contributed by atoms with Crippen LogP contribution in [0, 0.1) is 18.3 Å². The number of aryl methyl sites for hydroxylation is 1. The molecule has 0 unspecified atom stereocenters. The lowest BCUT2D eigenvalue weighted by Gasteiger charge is -2.40. The highest BCUT2D eigenvalue weighted by Crippen LogP contribution is 2.46. The number of alkyl halides is 3. The van der Waals surface area contributed by atoms with Crippen molar-refractivity contribution in [3.63, 3.8) is 0 Å². The molecule has 3 aromatic rings. The Morgan fingerprint density at radius 1 is 1.11 bits per heavy atom. The maximum Gasteiger partial charge on any atom is 0.573 e. The van der Waals surface area contributed by atoms with E-state index < -0.39 is 12.0 Å². The Labute approximate surface area is 204 Å². The first-order valence-corrected chi connectivity index (χ1v) is 12.0. The molecule has 1 heterocycles. The number of nitrogens with one attached hydrogen (secondary N) is 1. The molecule has 5 nitrogen and oxygen atoms in total. The molecular formula is C27H34F3N3O2. The second-order valence-electron chi connectivity index (χ2n) is 11.3. The summed E-state index contributed by atoms with van der Waals surface area (Å²) in [5.41, 5.74) is 3.31. The number of hydrogen-bond acceptors (Lipinski definition) is 4. The van der Waals surface area contributed by atoms with Crippen LogP contribution in [-0.4, -0.2) is 21.0 Å². The lowest BCUT2D eigenvalue weighted by atomic mass is 9.70. The second kappa shape index (κ2) is 8.73. The van der Waals surface area contributed by atoms with E-state index in [4.69, 9.17) is 4.98 Å². The van der Waals surface area contributed by atoms with Gasteiger partial charge in [0.25, 0.3) is 0 Å². The fourth-order valence-corrected chi connectivity index (χ4v) is 5.72. The van der Waals surface area contributed by atoms with Gasteiger partial charge in [-0.3, -0.25) is 0 Å². The highest BCUT2D eigenvalue weighted by Gasteiger charge is 2.35. The predicted octanol–water partition coefficient (Wildman–Crippen LogP) is 7.60. The third kappa shape index (κ3) is 5.74. The van der Waals surface area contributed by atoms with E-state index in [-0.39, 0.29) is 17.2 Å². The Morgan fingerprint density at radius 3 is 2.34 bits per heavy atom. The molecular weight excluding hydrogens is 455 g/mol. The van der Waals surface area contributed by atoms with Crippen molar-refractivity contribution in [3.8, 4) is 5.75 Å². The monoisotopic (exact) mass is 489 g/mol. The maximum atomic E-state index is 12.5. The minimum absolute atomic E-state index is 0.175. The first-order valence-electron chi connectivity index (χ1n) is 12.0. The van der Waals surface area contributed by atoms with Crippen LogP contribution < -0.4 is 10.1 Å². The van der Waals surface area contributed by atoms with Crippen LogP contribution in [0.1, 0.15) is 71.0 Å². The Hall–Kier alpha value is -2.74. The molecule has 1 saturated carbocycles. The molecule has 0 bridgehead atoms. The standard InChI is InChI=1S/C27H34F3N3O2/c1-16-11-19(15-25(3,4)14-16)33-23-12-17(2)21(26(5,6)34)13-22(23)32-24(33)31-18-7-9-20(10-8-18)35-27(28,29)30/h7-10,12-13,16,19,34H,11,14-15H2,1-6H3,(H,31,32)/t16-,19+/m1/s1. The van der Waals surface area contributed by atoms with E-state index in [1.807, 2.05) is 13.0 Å². The smallest absolute Gasteiger partial charge is 0.406 e. The molecule has 1 fully saturated rings. The van der Waals surface area contributed by atoms with Crippen LogP contribution in [0.3, 0.4) is 0 Å². The maximum absolute atomic E-state index is 12.5. The molecule has 1 aromatic heterocycles. The minimum Gasteiger partial charge on any atom is -0.406 e. The van der Waals surface area contributed by atoms with E-state index >= 15 is 0 Å². The van der Waals surface area contributed by atoms with Gasteiger partial charge in [-0.2, -0.15) is 0 Å². The van der Waals surface area contributed by atoms with Crippen molar-refractivity contribution in [2.75, 3.05) is 5.32 Å². The average Bonchev–Trinajstić information content (AvgIpc) is 3.02. The molecule has 2 atom stereocenters. The molecule has 0 amide bonds. The van der Waals surface area contributed by atoms with Gasteiger partial charge in [-0.25, -0.2) is 4.98 Å². The summed E-state index contributed by atoms with van der Waals surface area (Å²) >= 11 is 0. The molecule has 8 heteroatoms. The van der Waals surface area contributed by atoms with Gasteiger partial charge in [0.05, 0.1) is 16.6 Å². The fourth-order valence-electron chi connectivity index (χ4n) is 5.72. The number of aliphatic hydroxyl groups is 1. The molecule has 35 heavy (non-hydrogen) atoms. The van der Waals surface area contributed by atoms with Crippen molar-refractivity contribution in [1.82, 2.24) is 9.55 Å². The molecule has 1 aliphatic carbocycles. The van der Waals surface area contributed by atoms with E-state index in [1.54, 1.807) is 26.0 Å². The topological polar surface area (TPSA) is 59.3 Å². The summed E-state index contributed by atoms with van der Waals surface area (Å²) in [6.45, 7) is 12.4. The van der Waals surface area contributed by atoms with Crippen LogP contribution in [0.2, 0.25) is 0 Å². The lowest BCUT2D eigenvalue weighted by Crippen LogP contribution is -2.29. The molecule has 0 aliphatic heterocycles. The Kier molecular flexibility index (Phi) is 6.32. The number of hydrogen-bond donors (Lipinski definition) is 2. The van der Waals surface area contributed by atoms with Crippen molar-refractivity contribution in [1.29, 1.82) is 0 Å². The van der Waals surface area contributed by atoms with Crippen LogP contribution in [-0.2, 0) is 5.60 Å². The predicted molar refractivity (Wildman–Crippen MR) is 132 cm³/mol. The third-order valence-corrected chi connectivity index (χ3v) is 6.77. The van der Waals surface area contributed by atoms with Crippen LogP contribution in [0.25, 0.3) is 11.0 Å². The van der Waals surface area contributed by atoms with Gasteiger partial charge in [0, 0.05) is 11.7 Å². The number of anilines is 2. The van der Waals surface area contributed by atoms with Crippen molar-refractivity contribution in [2.45, 2.75) is 78.8 Å². The Balaban J connectivity index is 1.78. The van der Waals surface area contributed by atoms with E-state index in [1.165, 1.54) is 12.1 Å². The third-order valence-electron chi connectivity index (χ3n) is 6.77. The van der Waals surface area contributed by atoms with Crippen LogP contribution in [0.15, 0.2) is 36.4 Å². The number of rotatable bonds is 5. The quantitative estimate of drug-likeness (QED) is 0.387. The summed E-state index contributed by atoms with van der Waals surface area (Å²) in [4.78, 5) is 4.88. The van der Waals surface area contributed by atoms with Gasteiger partial charge in [0.2, 0.25) is 5.95 Å². The van der Waals surface area contributed by atoms with Crippen molar-refractivity contribution in [3.05, 3.63) is 47.5 Å². The van der Waals surface area contributed by atoms with Crippen LogP contribution in [0.4, 0.5) is 24.8 Å². The number of ether oxygens (including phenoxy) is 1. The molecule has 2 aromatic carbocycles. The van der Waals surface area contributed by atoms with Crippen molar-refractivity contribution < 1.29 is 23.0 Å². The molecule has 190 valence electrons. The molecule has 2 N–H and O–H groups in total. The normalized spacial score (nSPS) is 20.7. The van der Waals surface area contributed by atoms with Gasteiger partial charge < -0.3 is 19.7 Å². The SMILES string of the molecule is Cc1cc2c(cc1C(C)(C)O)nc(Nc1ccc(OC(F)(F)F)cc1)n2[C@H]1C[C@@H](C)CC(C)(C)C1. The summed E-state index contributed by atoms with van der Waals surface area (Å²) in [5.74, 6) is 0.904. The zero-order valence-corrected chi connectivity index (χ0v) is 21.1. The molecule has 1 aliphatic rings. The summed E-state index contributed by atoms with van der Waals surface area (Å²) in [6, 6.07) is 9.88. The average molecular weight is 490 g/mol. The first-order chi connectivity index (χ1) is 16.1. The highest BCUT2D eigenvalue weighted by molar-refractivity contribution is 5.82. The largest absolute Gasteiger partial charge is 0.573 e. The van der Waals surface area contributed by atoms with E-state index in [0.29, 0.717) is 17.6 Å². The number of imidazole rings is 1. The summed E-state index contributed by atoms with van der Waals surface area (Å²) in [7, 11) is 0. The van der Waals surface area contributed by atoms with E-state index in [9.17, 15) is 18.3 Å². The van der Waals surface area contributed by atoms with E-state index in [2.05, 4.69) is 41.5 Å². The van der Waals surface area contributed by atoms with Crippen LogP contribution in [0.5, 0.6) is 5.75 Å². The number of fused-ring (bicyclic) bond motifs is 1. The van der Waals surface area contributed by atoms with Gasteiger partial charge in [-0.05, 0) is 98.9 Å². The molecule has 0 spiro atoms. The second-order valence-corrected chi connectivity index (χ2v) is 11.3. The summed E-state index contributed by atoms with van der Waals surface area (Å²) < 4.78 is 43.8. The zero-order chi connectivity index (χ0) is 25.8. The summed E-state index contributed by atoms with van der Waals surface area (Å²) in [5, 5.41) is 14.0. The Bertz CT molecular complexity index is 1210. The summed E-state index contributed by atoms with van der Waals surface area (Å²) in [6.07, 6.45) is -1.58. The van der Waals surface area contributed by atoms with E-state index in [0.717, 1.165) is 41.4 Å². The minimum atomic E-state index is -4.73. The number of aromatic nitrogens is 2. The molecule has 0 saturated heterocycles. The highest BCUT2D eigenvalue weighted by atomic mass is 19.4. The van der Waals surface area contributed by atoms with Gasteiger partial charge in [0.15, 0.2) is 0 Å². The fraction of sp³-hybridized carbons (Fsp3) is 0.519.